The van der Waals surface area contributed by atoms with Gasteiger partial charge in [-0.3, -0.25) is 9.69 Å². The van der Waals surface area contributed by atoms with Crippen LogP contribution < -0.4 is 5.32 Å². The summed E-state index contributed by atoms with van der Waals surface area (Å²) in [6.07, 6.45) is 0.459. The van der Waals surface area contributed by atoms with Crippen molar-refractivity contribution in [1.29, 1.82) is 0 Å². The summed E-state index contributed by atoms with van der Waals surface area (Å²) in [6.45, 7) is 7.09. The highest BCUT2D eigenvalue weighted by atomic mass is 32.2. The molecule has 0 amide bonds. The van der Waals surface area contributed by atoms with Crippen LogP contribution in [0.15, 0.2) is 0 Å². The molecule has 1 heterocycles. The van der Waals surface area contributed by atoms with Crippen molar-refractivity contribution in [1.82, 2.24) is 10.2 Å². The third-order valence-electron chi connectivity index (χ3n) is 3.75. The Hall–Kier alpha value is -0.660. The Labute approximate surface area is 115 Å². The van der Waals surface area contributed by atoms with Crippen molar-refractivity contribution in [3.63, 3.8) is 0 Å². The number of hydrogen-bond donors (Lipinski definition) is 2. The zero-order valence-electron chi connectivity index (χ0n) is 11.8. The summed E-state index contributed by atoms with van der Waals surface area (Å²) in [4.78, 5) is 13.3. The fourth-order valence-corrected chi connectivity index (χ4v) is 4.02. The van der Waals surface area contributed by atoms with E-state index in [9.17, 15) is 18.3 Å². The van der Waals surface area contributed by atoms with E-state index in [1.54, 1.807) is 6.92 Å². The molecule has 0 aromatic heterocycles. The maximum absolute atomic E-state index is 11.5. The molecule has 2 unspecified atom stereocenters. The molecule has 0 saturated carbocycles. The van der Waals surface area contributed by atoms with Gasteiger partial charge in [0.1, 0.15) is 5.54 Å². The molecule has 0 radical (unpaired) electrons. The molecule has 2 N–H and O–H groups in total. The van der Waals surface area contributed by atoms with Gasteiger partial charge >= 0.3 is 5.97 Å². The molecule has 2 atom stereocenters. The Kier molecular flexibility index (Phi) is 5.34. The third-order valence-corrected chi connectivity index (χ3v) is 5.54. The standard InChI is InChI=1S/C12H24N2O4S/c1-4-13-12(3,11(15)16)5-6-14-7-8-19(17,18)9-10(14)2/h10,13H,4-9H2,1-3H3,(H,15,16). The molecule has 0 aromatic carbocycles. The molecule has 1 fully saturated rings. The van der Waals surface area contributed by atoms with E-state index in [-0.39, 0.29) is 17.5 Å². The Balaban J connectivity index is 2.58. The van der Waals surface area contributed by atoms with Crippen molar-refractivity contribution in [3.8, 4) is 0 Å². The number of likely N-dealkylation sites (N-methyl/N-ethyl adjacent to an activating group) is 1. The van der Waals surface area contributed by atoms with E-state index in [0.717, 1.165) is 0 Å². The molecule has 0 spiro atoms. The normalized spacial score (nSPS) is 26.8. The monoisotopic (exact) mass is 292 g/mol. The lowest BCUT2D eigenvalue weighted by molar-refractivity contribution is -0.144. The van der Waals surface area contributed by atoms with Crippen LogP contribution in [-0.2, 0) is 14.6 Å². The molecule has 0 aromatic rings. The predicted molar refractivity (Wildman–Crippen MR) is 74.0 cm³/mol. The smallest absolute Gasteiger partial charge is 0.323 e. The second kappa shape index (κ2) is 6.19. The number of sulfone groups is 1. The minimum Gasteiger partial charge on any atom is -0.480 e. The fourth-order valence-electron chi connectivity index (χ4n) is 2.39. The maximum Gasteiger partial charge on any atom is 0.323 e. The van der Waals surface area contributed by atoms with Crippen molar-refractivity contribution in [2.75, 3.05) is 31.1 Å². The summed E-state index contributed by atoms with van der Waals surface area (Å²) < 4.78 is 23.0. The van der Waals surface area contributed by atoms with Gasteiger partial charge in [-0.2, -0.15) is 0 Å². The molecular weight excluding hydrogens is 268 g/mol. The second-order valence-electron chi connectivity index (χ2n) is 5.42. The van der Waals surface area contributed by atoms with E-state index in [4.69, 9.17) is 0 Å². The zero-order valence-corrected chi connectivity index (χ0v) is 12.7. The van der Waals surface area contributed by atoms with Crippen molar-refractivity contribution < 1.29 is 18.3 Å². The molecule has 1 aliphatic rings. The van der Waals surface area contributed by atoms with Gasteiger partial charge in [0.05, 0.1) is 11.5 Å². The summed E-state index contributed by atoms with van der Waals surface area (Å²) in [5, 5.41) is 12.2. The third kappa shape index (κ3) is 4.43. The summed E-state index contributed by atoms with van der Waals surface area (Å²) in [7, 11) is -2.92. The van der Waals surface area contributed by atoms with Crippen LogP contribution in [0.5, 0.6) is 0 Å². The molecule has 7 heteroatoms. The van der Waals surface area contributed by atoms with Crippen LogP contribution in [0.2, 0.25) is 0 Å². The lowest BCUT2D eigenvalue weighted by atomic mass is 9.97. The topological polar surface area (TPSA) is 86.7 Å². The zero-order chi connectivity index (χ0) is 14.7. The van der Waals surface area contributed by atoms with Gasteiger partial charge in [0.2, 0.25) is 0 Å². The summed E-state index contributed by atoms with van der Waals surface area (Å²) >= 11 is 0. The van der Waals surface area contributed by atoms with Gasteiger partial charge in [-0.25, -0.2) is 8.42 Å². The quantitative estimate of drug-likeness (QED) is 0.714. The van der Waals surface area contributed by atoms with Crippen LogP contribution in [0.25, 0.3) is 0 Å². The van der Waals surface area contributed by atoms with Crippen LogP contribution >= 0.6 is 0 Å². The molecular formula is C12H24N2O4S. The number of carbonyl (C=O) groups is 1. The van der Waals surface area contributed by atoms with Gasteiger partial charge in [-0.1, -0.05) is 6.92 Å². The molecule has 19 heavy (non-hydrogen) atoms. The SMILES string of the molecule is CCNC(C)(CCN1CCS(=O)(=O)CC1C)C(=O)O. The molecule has 1 rings (SSSR count). The van der Waals surface area contributed by atoms with Crippen LogP contribution in [-0.4, -0.2) is 67.1 Å². The van der Waals surface area contributed by atoms with Gasteiger partial charge in [0.25, 0.3) is 0 Å². The van der Waals surface area contributed by atoms with Crippen molar-refractivity contribution in [3.05, 3.63) is 0 Å². The van der Waals surface area contributed by atoms with Crippen molar-refractivity contribution >= 4 is 15.8 Å². The van der Waals surface area contributed by atoms with Crippen molar-refractivity contribution in [2.45, 2.75) is 38.8 Å². The van der Waals surface area contributed by atoms with Gasteiger partial charge in [0, 0.05) is 19.1 Å². The van der Waals surface area contributed by atoms with Crippen LogP contribution in [0.1, 0.15) is 27.2 Å². The first-order valence-corrected chi connectivity index (χ1v) is 8.45. The Morgan fingerprint density at radius 1 is 1.53 bits per heavy atom. The number of carboxylic acid groups (broad SMARTS) is 1. The Bertz CT molecular complexity index is 423. The summed E-state index contributed by atoms with van der Waals surface area (Å²) in [6, 6.07) is -0.0431. The van der Waals surface area contributed by atoms with Crippen molar-refractivity contribution in [2.24, 2.45) is 0 Å². The van der Waals surface area contributed by atoms with Gasteiger partial charge < -0.3 is 10.4 Å². The first kappa shape index (κ1) is 16.4. The van der Waals surface area contributed by atoms with Gasteiger partial charge in [-0.15, -0.1) is 0 Å². The van der Waals surface area contributed by atoms with Crippen LogP contribution in [0.4, 0.5) is 0 Å². The minimum absolute atomic E-state index is 0.0431. The van der Waals surface area contributed by atoms with Gasteiger partial charge in [0.15, 0.2) is 9.84 Å². The van der Waals surface area contributed by atoms with E-state index >= 15 is 0 Å². The number of nitrogens with zero attached hydrogens (tertiary/aromatic N) is 1. The minimum atomic E-state index is -2.92. The largest absolute Gasteiger partial charge is 0.480 e. The van der Waals surface area contributed by atoms with E-state index in [2.05, 4.69) is 10.2 Å². The number of carboxylic acids is 1. The van der Waals surface area contributed by atoms with E-state index in [1.165, 1.54) is 0 Å². The Morgan fingerprint density at radius 2 is 2.16 bits per heavy atom. The van der Waals surface area contributed by atoms with E-state index < -0.39 is 21.3 Å². The first-order valence-electron chi connectivity index (χ1n) is 6.63. The predicted octanol–water partition coefficient (Wildman–Crippen LogP) is -0.0518. The highest BCUT2D eigenvalue weighted by molar-refractivity contribution is 7.91. The average molecular weight is 292 g/mol. The van der Waals surface area contributed by atoms with Crippen LogP contribution in [0, 0.1) is 0 Å². The highest BCUT2D eigenvalue weighted by Crippen LogP contribution is 2.16. The summed E-state index contributed by atoms with van der Waals surface area (Å²) in [5.41, 5.74) is -0.954. The first-order chi connectivity index (χ1) is 8.70. The molecule has 112 valence electrons. The fraction of sp³-hybridized carbons (Fsp3) is 0.917. The number of hydrogen-bond acceptors (Lipinski definition) is 5. The highest BCUT2D eigenvalue weighted by Gasteiger charge is 2.34. The molecule has 0 bridgehead atoms. The summed E-state index contributed by atoms with van der Waals surface area (Å²) in [5.74, 6) is -0.535. The lowest BCUT2D eigenvalue weighted by Gasteiger charge is -2.35. The number of nitrogens with one attached hydrogen (secondary N) is 1. The lowest BCUT2D eigenvalue weighted by Crippen LogP contribution is -2.54. The number of rotatable bonds is 6. The van der Waals surface area contributed by atoms with Gasteiger partial charge in [-0.05, 0) is 26.8 Å². The van der Waals surface area contributed by atoms with E-state index in [0.29, 0.717) is 26.1 Å². The molecule has 6 nitrogen and oxygen atoms in total. The maximum atomic E-state index is 11.5. The molecule has 0 aliphatic carbocycles. The Morgan fingerprint density at radius 3 is 2.63 bits per heavy atom. The molecule has 1 aliphatic heterocycles. The molecule has 1 saturated heterocycles. The number of aliphatic carboxylic acids is 1. The average Bonchev–Trinajstić information content (AvgIpc) is 2.27. The van der Waals surface area contributed by atoms with E-state index in [1.807, 2.05) is 13.8 Å². The van der Waals surface area contributed by atoms with Crippen LogP contribution in [0.3, 0.4) is 0 Å². The second-order valence-corrected chi connectivity index (χ2v) is 7.65.